The van der Waals surface area contributed by atoms with Gasteiger partial charge in [-0.1, -0.05) is 30.3 Å². The van der Waals surface area contributed by atoms with Crippen LogP contribution < -0.4 is 0 Å². The Hall–Kier alpha value is -2.34. The highest BCUT2D eigenvalue weighted by atomic mass is 16.3. The molecule has 0 atom stereocenters. The minimum atomic E-state index is -0.0859. The van der Waals surface area contributed by atoms with Crippen molar-refractivity contribution in [3.05, 3.63) is 48.2 Å². The first-order valence-corrected chi connectivity index (χ1v) is 4.46. The fourth-order valence-corrected chi connectivity index (χ4v) is 1.30. The Balaban J connectivity index is 2.52. The molecule has 72 valence electrons. The van der Waals surface area contributed by atoms with Crippen LogP contribution in [-0.2, 0) is 0 Å². The number of rotatable bonds is 1. The summed E-state index contributed by atoms with van der Waals surface area (Å²) < 4.78 is 0. The van der Waals surface area contributed by atoms with Crippen molar-refractivity contribution in [2.45, 2.75) is 0 Å². The summed E-state index contributed by atoms with van der Waals surface area (Å²) in [6.45, 7) is 0. The van der Waals surface area contributed by atoms with Gasteiger partial charge in [-0.05, 0) is 6.07 Å². The van der Waals surface area contributed by atoms with Crippen LogP contribution in [0.3, 0.4) is 0 Å². The quantitative estimate of drug-likeness (QED) is 0.761. The summed E-state index contributed by atoms with van der Waals surface area (Å²) >= 11 is 0. The highest BCUT2D eigenvalue weighted by molar-refractivity contribution is 5.62. The maximum atomic E-state index is 9.30. The lowest BCUT2D eigenvalue weighted by molar-refractivity contribution is 0.471. The van der Waals surface area contributed by atoms with Gasteiger partial charge in [0.25, 0.3) is 0 Å². The number of hydrogen-bond acceptors (Lipinski definition) is 3. The maximum absolute atomic E-state index is 9.30. The smallest absolute Gasteiger partial charge is 0.151 e. The number of pyridine rings is 1. The Bertz CT molecular complexity index is 515. The molecule has 3 nitrogen and oxygen atoms in total. The van der Waals surface area contributed by atoms with Crippen LogP contribution in [0.15, 0.2) is 42.6 Å². The molecule has 0 saturated carbocycles. The molecule has 3 heteroatoms. The van der Waals surface area contributed by atoms with Gasteiger partial charge in [-0.25, -0.2) is 0 Å². The van der Waals surface area contributed by atoms with Crippen LogP contribution in [0.2, 0.25) is 0 Å². The van der Waals surface area contributed by atoms with Crippen molar-refractivity contribution in [3.8, 4) is 23.1 Å². The summed E-state index contributed by atoms with van der Waals surface area (Å²) in [6.07, 6.45) is 1.29. The van der Waals surface area contributed by atoms with Crippen molar-refractivity contribution in [2.75, 3.05) is 0 Å². The van der Waals surface area contributed by atoms with Crippen LogP contribution in [-0.4, -0.2) is 10.1 Å². The lowest BCUT2D eigenvalue weighted by Crippen LogP contribution is -1.85. The highest BCUT2D eigenvalue weighted by Crippen LogP contribution is 2.22. The molecule has 0 amide bonds. The summed E-state index contributed by atoms with van der Waals surface area (Å²) in [4.78, 5) is 4.06. The molecule has 1 heterocycles. The molecule has 0 aliphatic rings. The van der Waals surface area contributed by atoms with Crippen molar-refractivity contribution >= 4 is 0 Å². The molecule has 1 aromatic heterocycles. The van der Waals surface area contributed by atoms with Gasteiger partial charge >= 0.3 is 0 Å². The van der Waals surface area contributed by atoms with Crippen LogP contribution in [0.4, 0.5) is 0 Å². The molecule has 2 rings (SSSR count). The molecule has 1 aromatic carbocycles. The predicted octanol–water partition coefficient (Wildman–Crippen LogP) is 2.33. The lowest BCUT2D eigenvalue weighted by atomic mass is 10.1. The van der Waals surface area contributed by atoms with Crippen molar-refractivity contribution in [1.29, 1.82) is 5.26 Å². The monoisotopic (exact) mass is 196 g/mol. The molecular weight excluding hydrogens is 188 g/mol. The second-order valence-electron chi connectivity index (χ2n) is 3.06. The van der Waals surface area contributed by atoms with Crippen LogP contribution in [0, 0.1) is 11.3 Å². The van der Waals surface area contributed by atoms with Crippen LogP contribution >= 0.6 is 0 Å². The Morgan fingerprint density at radius 3 is 2.60 bits per heavy atom. The van der Waals surface area contributed by atoms with Crippen molar-refractivity contribution in [1.82, 2.24) is 4.98 Å². The number of nitrogens with zero attached hydrogens (tertiary/aromatic N) is 2. The van der Waals surface area contributed by atoms with E-state index in [4.69, 9.17) is 5.26 Å². The summed E-state index contributed by atoms with van der Waals surface area (Å²) in [5.41, 5.74) is 1.85. The van der Waals surface area contributed by atoms with Gasteiger partial charge in [-0.15, -0.1) is 0 Å². The minimum absolute atomic E-state index is 0.0859. The van der Waals surface area contributed by atoms with Gasteiger partial charge < -0.3 is 5.11 Å². The third kappa shape index (κ3) is 1.79. The van der Waals surface area contributed by atoms with E-state index in [1.54, 1.807) is 6.07 Å². The Morgan fingerprint density at radius 2 is 1.93 bits per heavy atom. The fraction of sp³-hybridized carbons (Fsp3) is 0. The first kappa shape index (κ1) is 9.22. The van der Waals surface area contributed by atoms with E-state index in [1.165, 1.54) is 6.20 Å². The zero-order chi connectivity index (χ0) is 10.7. The lowest BCUT2D eigenvalue weighted by Gasteiger charge is -2.01. The molecule has 0 aliphatic carbocycles. The van der Waals surface area contributed by atoms with E-state index in [0.29, 0.717) is 5.69 Å². The van der Waals surface area contributed by atoms with Crippen LogP contribution in [0.1, 0.15) is 5.56 Å². The average molecular weight is 196 g/mol. The van der Waals surface area contributed by atoms with E-state index in [-0.39, 0.29) is 11.3 Å². The Kier molecular flexibility index (Phi) is 2.34. The van der Waals surface area contributed by atoms with Crippen LogP contribution in [0.25, 0.3) is 11.3 Å². The van der Waals surface area contributed by atoms with Gasteiger partial charge in [0.1, 0.15) is 6.07 Å². The SMILES string of the molecule is N#Cc1cc(-c2ccccc2)ncc1O. The summed E-state index contributed by atoms with van der Waals surface area (Å²) in [5, 5.41) is 18.0. The topological polar surface area (TPSA) is 56.9 Å². The fourth-order valence-electron chi connectivity index (χ4n) is 1.30. The first-order valence-electron chi connectivity index (χ1n) is 4.46. The van der Waals surface area contributed by atoms with Gasteiger partial charge in [-0.3, -0.25) is 4.98 Å². The molecule has 0 radical (unpaired) electrons. The predicted molar refractivity (Wildman–Crippen MR) is 56.1 cm³/mol. The van der Waals surface area contributed by atoms with E-state index in [0.717, 1.165) is 5.56 Å². The summed E-state index contributed by atoms with van der Waals surface area (Å²) in [6, 6.07) is 13.0. The molecule has 15 heavy (non-hydrogen) atoms. The third-order valence-corrected chi connectivity index (χ3v) is 2.07. The van der Waals surface area contributed by atoms with E-state index >= 15 is 0 Å². The Labute approximate surface area is 87.3 Å². The van der Waals surface area contributed by atoms with Gasteiger partial charge in [0.05, 0.1) is 17.5 Å². The summed E-state index contributed by atoms with van der Waals surface area (Å²) in [5.74, 6) is -0.0859. The first-order chi connectivity index (χ1) is 7.31. The van der Waals surface area contributed by atoms with Crippen molar-refractivity contribution in [2.24, 2.45) is 0 Å². The second kappa shape index (κ2) is 3.81. The number of nitriles is 1. The van der Waals surface area contributed by atoms with E-state index in [2.05, 4.69) is 4.98 Å². The molecule has 0 aliphatic heterocycles. The van der Waals surface area contributed by atoms with Gasteiger partial charge in [0, 0.05) is 5.56 Å². The van der Waals surface area contributed by atoms with E-state index < -0.39 is 0 Å². The normalized spacial score (nSPS) is 9.53. The Morgan fingerprint density at radius 1 is 1.20 bits per heavy atom. The van der Waals surface area contributed by atoms with Crippen LogP contribution in [0.5, 0.6) is 5.75 Å². The molecule has 2 aromatic rings. The zero-order valence-electron chi connectivity index (χ0n) is 7.88. The van der Waals surface area contributed by atoms with Gasteiger partial charge in [-0.2, -0.15) is 5.26 Å². The molecule has 0 saturated heterocycles. The number of aromatic nitrogens is 1. The molecule has 0 spiro atoms. The highest BCUT2D eigenvalue weighted by Gasteiger charge is 2.04. The van der Waals surface area contributed by atoms with Gasteiger partial charge in [0.2, 0.25) is 0 Å². The van der Waals surface area contributed by atoms with Crippen molar-refractivity contribution < 1.29 is 5.11 Å². The third-order valence-electron chi connectivity index (χ3n) is 2.07. The molecule has 0 fully saturated rings. The second-order valence-corrected chi connectivity index (χ2v) is 3.06. The average Bonchev–Trinajstić information content (AvgIpc) is 2.31. The standard InChI is InChI=1S/C12H8N2O/c13-7-10-6-11(14-8-12(10)15)9-4-2-1-3-5-9/h1-6,8,15H. The number of aromatic hydroxyl groups is 1. The zero-order valence-corrected chi connectivity index (χ0v) is 7.88. The minimum Gasteiger partial charge on any atom is -0.505 e. The van der Waals surface area contributed by atoms with Gasteiger partial charge in [0.15, 0.2) is 5.75 Å². The molecule has 0 bridgehead atoms. The molecule has 0 unspecified atom stereocenters. The summed E-state index contributed by atoms with van der Waals surface area (Å²) in [7, 11) is 0. The largest absolute Gasteiger partial charge is 0.505 e. The number of hydrogen-bond donors (Lipinski definition) is 1. The number of benzene rings is 1. The van der Waals surface area contributed by atoms with E-state index in [9.17, 15) is 5.11 Å². The van der Waals surface area contributed by atoms with Crippen molar-refractivity contribution in [3.63, 3.8) is 0 Å². The maximum Gasteiger partial charge on any atom is 0.151 e. The molecular formula is C12H8N2O. The van der Waals surface area contributed by atoms with E-state index in [1.807, 2.05) is 36.4 Å². The molecule has 1 N–H and O–H groups in total.